The molecule has 4 heterocycles. The summed E-state index contributed by atoms with van der Waals surface area (Å²) in [7, 11) is 2.57. The molecule has 5 aromatic rings. The normalized spacial score (nSPS) is 16.3. The van der Waals surface area contributed by atoms with Gasteiger partial charge in [-0.25, -0.2) is 24.5 Å². The molecule has 0 radical (unpaired) electrons. The van der Waals surface area contributed by atoms with Gasteiger partial charge in [0.15, 0.2) is 5.65 Å². The third kappa shape index (κ3) is 8.71. The number of alkyl carbamates (subject to hydrolysis) is 2. The van der Waals surface area contributed by atoms with Gasteiger partial charge >= 0.3 is 12.2 Å². The van der Waals surface area contributed by atoms with Gasteiger partial charge < -0.3 is 40.3 Å². The molecular weight excluding hydrogens is 702 g/mol. The van der Waals surface area contributed by atoms with Crippen molar-refractivity contribution < 1.29 is 28.7 Å². The first-order valence-corrected chi connectivity index (χ1v) is 19.0. The van der Waals surface area contributed by atoms with Crippen LogP contribution in [0.2, 0.25) is 0 Å². The molecule has 55 heavy (non-hydrogen) atoms. The van der Waals surface area contributed by atoms with Crippen LogP contribution in [0.25, 0.3) is 44.5 Å². The van der Waals surface area contributed by atoms with Crippen molar-refractivity contribution in [2.45, 2.75) is 69.9 Å². The molecule has 2 unspecified atom stereocenters. The zero-order valence-corrected chi connectivity index (χ0v) is 31.2. The molecule has 2 fully saturated rings. The number of nitrogens with zero attached hydrogens (tertiary/aromatic N) is 4. The largest absolute Gasteiger partial charge is 0.453 e. The molecule has 7 rings (SSSR count). The van der Waals surface area contributed by atoms with E-state index in [1.165, 1.54) is 14.2 Å². The zero-order valence-electron chi connectivity index (χ0n) is 31.2. The predicted octanol–water partition coefficient (Wildman–Crippen LogP) is 5.54. The summed E-state index contributed by atoms with van der Waals surface area (Å²) in [5, 5.41) is 10.1. The number of amides is 4. The number of rotatable bonds is 13. The number of carbonyl (C=O) groups is 4. The maximum absolute atomic E-state index is 13.9. The van der Waals surface area contributed by atoms with Crippen LogP contribution in [-0.2, 0) is 25.5 Å². The SMILES string of the molecule is COC(=O)NCC(=O)NCCCCc1ncc(-c2ccc3cc(-c4ccc5[nH]c(C6CCCN6C(=O)C(NC(=O)OC)C6CCCC6)nc5n4)ccc3c2)[nH]1. The summed E-state index contributed by atoms with van der Waals surface area (Å²) in [6.07, 6.45) is 8.54. The summed E-state index contributed by atoms with van der Waals surface area (Å²) in [6.45, 7) is 0.996. The number of aryl methyl sites for hydroxylation is 1. The average molecular weight is 750 g/mol. The van der Waals surface area contributed by atoms with Crippen LogP contribution in [0.15, 0.2) is 54.7 Å². The van der Waals surface area contributed by atoms with Crippen molar-refractivity contribution in [3.05, 3.63) is 66.4 Å². The third-order valence-electron chi connectivity index (χ3n) is 10.6. The van der Waals surface area contributed by atoms with Gasteiger partial charge in [0.05, 0.1) is 49.9 Å². The van der Waals surface area contributed by atoms with E-state index in [1.807, 2.05) is 23.2 Å². The van der Waals surface area contributed by atoms with E-state index in [2.05, 4.69) is 72.0 Å². The number of hydrogen-bond acceptors (Lipinski definition) is 9. The number of aromatic nitrogens is 5. The van der Waals surface area contributed by atoms with E-state index in [-0.39, 0.29) is 30.3 Å². The highest BCUT2D eigenvalue weighted by atomic mass is 16.5. The highest BCUT2D eigenvalue weighted by Gasteiger charge is 2.40. The molecular formula is C40H47N9O6. The predicted molar refractivity (Wildman–Crippen MR) is 206 cm³/mol. The van der Waals surface area contributed by atoms with Gasteiger partial charge in [-0.3, -0.25) is 9.59 Å². The Labute approximate surface area is 318 Å². The molecule has 1 saturated carbocycles. The fourth-order valence-corrected chi connectivity index (χ4v) is 7.72. The second-order valence-corrected chi connectivity index (χ2v) is 14.2. The number of nitrogens with one attached hydrogen (secondary N) is 5. The number of fused-ring (bicyclic) bond motifs is 2. The fraction of sp³-hybridized carbons (Fsp3) is 0.425. The van der Waals surface area contributed by atoms with Gasteiger partial charge in [-0.2, -0.15) is 0 Å². The lowest BCUT2D eigenvalue weighted by atomic mass is 9.96. The van der Waals surface area contributed by atoms with Gasteiger partial charge in [-0.1, -0.05) is 37.1 Å². The number of unbranched alkanes of at least 4 members (excludes halogenated alkanes) is 1. The summed E-state index contributed by atoms with van der Waals surface area (Å²) in [5.74, 6) is 1.34. The van der Waals surface area contributed by atoms with Crippen molar-refractivity contribution in [1.82, 2.24) is 45.8 Å². The van der Waals surface area contributed by atoms with Crippen LogP contribution < -0.4 is 16.0 Å². The van der Waals surface area contributed by atoms with E-state index in [4.69, 9.17) is 14.7 Å². The number of H-pyrrole nitrogens is 2. The van der Waals surface area contributed by atoms with Gasteiger partial charge in [-0.05, 0) is 79.5 Å². The van der Waals surface area contributed by atoms with Crippen LogP contribution in [-0.4, -0.2) is 93.7 Å². The molecule has 288 valence electrons. The molecule has 15 heteroatoms. The van der Waals surface area contributed by atoms with E-state index in [0.29, 0.717) is 24.6 Å². The van der Waals surface area contributed by atoms with Crippen molar-refractivity contribution in [2.24, 2.45) is 5.92 Å². The smallest absolute Gasteiger partial charge is 0.407 e. The number of carbonyl (C=O) groups excluding carboxylic acids is 4. The highest BCUT2D eigenvalue weighted by molar-refractivity contribution is 5.91. The number of benzene rings is 2. The topological polar surface area (TPSA) is 196 Å². The van der Waals surface area contributed by atoms with Gasteiger partial charge in [0, 0.05) is 30.6 Å². The molecule has 1 aliphatic carbocycles. The minimum Gasteiger partial charge on any atom is -0.453 e. The van der Waals surface area contributed by atoms with Crippen LogP contribution in [0.1, 0.15) is 69.1 Å². The lowest BCUT2D eigenvalue weighted by Crippen LogP contribution is -2.51. The molecule has 0 spiro atoms. The molecule has 1 aliphatic heterocycles. The van der Waals surface area contributed by atoms with Crippen molar-refractivity contribution >= 4 is 45.9 Å². The van der Waals surface area contributed by atoms with Crippen LogP contribution in [0.4, 0.5) is 9.59 Å². The molecule has 4 amide bonds. The quantitative estimate of drug-likeness (QED) is 0.0960. The van der Waals surface area contributed by atoms with Gasteiger partial charge in [0.2, 0.25) is 11.8 Å². The van der Waals surface area contributed by atoms with Gasteiger partial charge in [0.25, 0.3) is 0 Å². The van der Waals surface area contributed by atoms with E-state index < -0.39 is 18.2 Å². The van der Waals surface area contributed by atoms with E-state index in [9.17, 15) is 19.2 Å². The number of hydrogen-bond donors (Lipinski definition) is 5. The Kier molecular flexibility index (Phi) is 11.5. The summed E-state index contributed by atoms with van der Waals surface area (Å²) in [6, 6.07) is 15.7. The first-order chi connectivity index (χ1) is 26.8. The number of likely N-dealkylation sites (tertiary alicyclic amines) is 1. The van der Waals surface area contributed by atoms with E-state index in [0.717, 1.165) is 102 Å². The Balaban J connectivity index is 0.984. The molecule has 2 aliphatic rings. The first kappa shape index (κ1) is 37.3. The molecule has 1 saturated heterocycles. The van der Waals surface area contributed by atoms with Gasteiger partial charge in [0.1, 0.15) is 17.7 Å². The summed E-state index contributed by atoms with van der Waals surface area (Å²) < 4.78 is 9.32. The Bertz CT molecular complexity index is 2170. The monoisotopic (exact) mass is 749 g/mol. The first-order valence-electron chi connectivity index (χ1n) is 19.0. The maximum atomic E-state index is 13.9. The number of imidazole rings is 2. The van der Waals surface area contributed by atoms with Crippen molar-refractivity contribution in [3.8, 4) is 22.5 Å². The minimum absolute atomic E-state index is 0.0788. The second-order valence-electron chi connectivity index (χ2n) is 14.2. The minimum atomic E-state index is -0.638. The van der Waals surface area contributed by atoms with Crippen LogP contribution >= 0.6 is 0 Å². The van der Waals surface area contributed by atoms with E-state index in [1.54, 1.807) is 0 Å². The maximum Gasteiger partial charge on any atom is 0.407 e. The van der Waals surface area contributed by atoms with Crippen LogP contribution in [0.3, 0.4) is 0 Å². The van der Waals surface area contributed by atoms with E-state index >= 15 is 0 Å². The molecule has 15 nitrogen and oxygen atoms in total. The number of aromatic amines is 2. The third-order valence-corrected chi connectivity index (χ3v) is 10.6. The Morgan fingerprint density at radius 1 is 0.855 bits per heavy atom. The highest BCUT2D eigenvalue weighted by Crippen LogP contribution is 2.36. The molecule has 3 aromatic heterocycles. The lowest BCUT2D eigenvalue weighted by molar-refractivity contribution is -0.135. The second kappa shape index (κ2) is 17.0. The Hall–Kier alpha value is -5.99. The van der Waals surface area contributed by atoms with Crippen molar-refractivity contribution in [1.29, 1.82) is 0 Å². The van der Waals surface area contributed by atoms with Crippen LogP contribution in [0.5, 0.6) is 0 Å². The van der Waals surface area contributed by atoms with Crippen molar-refractivity contribution in [2.75, 3.05) is 33.9 Å². The van der Waals surface area contributed by atoms with Crippen molar-refractivity contribution in [3.63, 3.8) is 0 Å². The fourth-order valence-electron chi connectivity index (χ4n) is 7.72. The zero-order chi connectivity index (χ0) is 38.3. The number of pyridine rings is 1. The average Bonchev–Trinajstić information content (AvgIpc) is 4.05. The number of methoxy groups -OCH3 is 2. The van der Waals surface area contributed by atoms with Crippen LogP contribution in [0, 0.1) is 5.92 Å². The molecule has 0 bridgehead atoms. The Morgan fingerprint density at radius 2 is 1.62 bits per heavy atom. The molecule has 5 N–H and O–H groups in total. The summed E-state index contributed by atoms with van der Waals surface area (Å²) >= 11 is 0. The standard InChI is InChI=1S/C40H47N9O6/c1-54-39(52)43-23-34(50)41-18-6-5-11-33-42-22-31(44-33)28-15-13-25-20-27(14-12-26(25)21-28)29-16-17-30-36(45-29)48-37(46-30)32-10-7-19-49(32)38(51)35(47-40(53)55-2)24-8-3-4-9-24/h12-17,20-22,24,32,35H,3-11,18-19,23H2,1-2H3,(H,41,50)(H,42,44)(H,43,52)(H,47,53)(H,45,46,48). The summed E-state index contributed by atoms with van der Waals surface area (Å²) in [4.78, 5) is 72.1. The lowest BCUT2D eigenvalue weighted by Gasteiger charge is -2.31. The Morgan fingerprint density at radius 3 is 2.40 bits per heavy atom. The number of ether oxygens (including phenoxy) is 2. The molecule has 2 atom stereocenters. The van der Waals surface area contributed by atoms with Gasteiger partial charge in [-0.15, -0.1) is 0 Å². The molecule has 2 aromatic carbocycles. The summed E-state index contributed by atoms with van der Waals surface area (Å²) in [5.41, 5.74) is 5.13.